The normalized spacial score (nSPS) is 34.2. The minimum absolute atomic E-state index is 0.405. The number of rotatable bonds is 0. The summed E-state index contributed by atoms with van der Waals surface area (Å²) in [6.07, 6.45) is -9.94. The van der Waals surface area contributed by atoms with E-state index in [9.17, 15) is 26.3 Å². The van der Waals surface area contributed by atoms with E-state index in [2.05, 4.69) is 0 Å². The second kappa shape index (κ2) is 3.87. The fourth-order valence-electron chi connectivity index (χ4n) is 2.18. The second-order valence-electron chi connectivity index (χ2n) is 4.18. The van der Waals surface area contributed by atoms with E-state index in [-0.39, 0.29) is 0 Å². The third kappa shape index (κ3) is 3.01. The van der Waals surface area contributed by atoms with Crippen molar-refractivity contribution >= 4 is 0 Å². The van der Waals surface area contributed by atoms with Gasteiger partial charge in [-0.05, 0) is 25.2 Å². The molecule has 0 spiro atoms. The van der Waals surface area contributed by atoms with E-state index in [1.165, 1.54) is 6.92 Å². The van der Waals surface area contributed by atoms with Crippen LogP contribution in [0.5, 0.6) is 0 Å². The molecule has 1 saturated carbocycles. The Balaban J connectivity index is 2.64. The van der Waals surface area contributed by atoms with Crippen molar-refractivity contribution in [2.45, 2.75) is 38.5 Å². The molecule has 0 aromatic heterocycles. The summed E-state index contributed by atoms with van der Waals surface area (Å²) in [7, 11) is 0. The Hall–Kier alpha value is -0.420. The molecule has 0 aromatic carbocycles. The van der Waals surface area contributed by atoms with E-state index in [0.29, 0.717) is 0 Å². The van der Waals surface area contributed by atoms with Gasteiger partial charge in [0.1, 0.15) is 0 Å². The Morgan fingerprint density at radius 2 is 1.40 bits per heavy atom. The molecule has 0 heterocycles. The van der Waals surface area contributed by atoms with Gasteiger partial charge in [0, 0.05) is 0 Å². The summed E-state index contributed by atoms with van der Waals surface area (Å²) in [5.41, 5.74) is 0. The maximum absolute atomic E-state index is 12.3. The highest BCUT2D eigenvalue weighted by Crippen LogP contribution is 2.47. The van der Waals surface area contributed by atoms with Gasteiger partial charge in [0.2, 0.25) is 0 Å². The molecule has 1 fully saturated rings. The zero-order chi connectivity index (χ0) is 11.9. The van der Waals surface area contributed by atoms with Gasteiger partial charge in [0.05, 0.1) is 11.8 Å². The zero-order valence-electron chi connectivity index (χ0n) is 8.12. The summed E-state index contributed by atoms with van der Waals surface area (Å²) in [5, 5.41) is 0. The topological polar surface area (TPSA) is 0 Å². The van der Waals surface area contributed by atoms with Crippen LogP contribution in [0.1, 0.15) is 26.2 Å². The van der Waals surface area contributed by atoms with Gasteiger partial charge in [-0.3, -0.25) is 0 Å². The van der Waals surface area contributed by atoms with Crippen molar-refractivity contribution < 1.29 is 26.3 Å². The summed E-state index contributed by atoms with van der Waals surface area (Å²) < 4.78 is 73.8. The molecule has 1 rings (SSSR count). The molecule has 1 aliphatic rings. The highest BCUT2D eigenvalue weighted by molar-refractivity contribution is 4.84. The van der Waals surface area contributed by atoms with Crippen molar-refractivity contribution in [3.63, 3.8) is 0 Å². The average molecular weight is 234 g/mol. The van der Waals surface area contributed by atoms with Crippen LogP contribution in [0.4, 0.5) is 26.3 Å². The van der Waals surface area contributed by atoms with Crippen molar-refractivity contribution in [3.8, 4) is 0 Å². The van der Waals surface area contributed by atoms with Crippen LogP contribution in [0, 0.1) is 17.8 Å². The predicted octanol–water partition coefficient (Wildman–Crippen LogP) is 4.16. The Morgan fingerprint density at radius 3 is 1.73 bits per heavy atom. The van der Waals surface area contributed by atoms with Crippen molar-refractivity contribution in [3.05, 3.63) is 0 Å². The first-order valence-electron chi connectivity index (χ1n) is 4.75. The van der Waals surface area contributed by atoms with Crippen molar-refractivity contribution in [1.29, 1.82) is 0 Å². The fourth-order valence-corrected chi connectivity index (χ4v) is 2.18. The molecule has 0 aromatic rings. The van der Waals surface area contributed by atoms with Crippen molar-refractivity contribution in [2.24, 2.45) is 17.8 Å². The lowest BCUT2D eigenvalue weighted by atomic mass is 9.74. The van der Waals surface area contributed by atoms with Crippen LogP contribution in [0.3, 0.4) is 0 Å². The molecule has 90 valence electrons. The van der Waals surface area contributed by atoms with Crippen LogP contribution >= 0.6 is 0 Å². The fraction of sp³-hybridized carbons (Fsp3) is 1.00. The van der Waals surface area contributed by atoms with Gasteiger partial charge in [0.25, 0.3) is 0 Å². The molecule has 0 nitrogen and oxygen atoms in total. The third-order valence-corrected chi connectivity index (χ3v) is 3.05. The van der Waals surface area contributed by atoms with Gasteiger partial charge in [0.15, 0.2) is 0 Å². The van der Waals surface area contributed by atoms with Crippen LogP contribution in [0.15, 0.2) is 0 Å². The van der Waals surface area contributed by atoms with Crippen LogP contribution in [0.2, 0.25) is 0 Å². The highest BCUT2D eigenvalue weighted by Gasteiger charge is 2.50. The lowest BCUT2D eigenvalue weighted by Crippen LogP contribution is -2.38. The maximum atomic E-state index is 12.3. The summed E-state index contributed by atoms with van der Waals surface area (Å²) >= 11 is 0. The van der Waals surface area contributed by atoms with E-state index in [0.717, 1.165) is 0 Å². The van der Waals surface area contributed by atoms with Gasteiger partial charge in [-0.1, -0.05) is 6.92 Å². The Bertz CT molecular complexity index is 216. The molecule has 0 saturated heterocycles. The van der Waals surface area contributed by atoms with Crippen molar-refractivity contribution in [1.82, 2.24) is 0 Å². The monoisotopic (exact) mass is 234 g/mol. The van der Waals surface area contributed by atoms with Gasteiger partial charge in [-0.2, -0.15) is 26.3 Å². The largest absolute Gasteiger partial charge is 0.392 e. The average Bonchev–Trinajstić information content (AvgIpc) is 1.99. The van der Waals surface area contributed by atoms with Crippen LogP contribution < -0.4 is 0 Å². The van der Waals surface area contributed by atoms with Gasteiger partial charge >= 0.3 is 12.4 Å². The van der Waals surface area contributed by atoms with Gasteiger partial charge in [-0.25, -0.2) is 0 Å². The van der Waals surface area contributed by atoms with E-state index in [1.54, 1.807) is 0 Å². The zero-order valence-corrected chi connectivity index (χ0v) is 8.12. The Labute approximate surface area is 83.6 Å². The molecular weight excluding hydrogens is 222 g/mol. The van der Waals surface area contributed by atoms with E-state index in [4.69, 9.17) is 0 Å². The van der Waals surface area contributed by atoms with Crippen molar-refractivity contribution in [2.75, 3.05) is 0 Å². The molecule has 0 radical (unpaired) electrons. The van der Waals surface area contributed by atoms with Crippen LogP contribution in [0.25, 0.3) is 0 Å². The molecule has 0 amide bonds. The quantitative estimate of drug-likeness (QED) is 0.552. The molecule has 1 aliphatic carbocycles. The standard InChI is InChI=1S/C9H12F6/c1-5-4-6(8(10,11)12)2-3-7(5)9(13,14)15/h5-7H,2-4H2,1H3. The summed E-state index contributed by atoms with van der Waals surface area (Å²) in [6, 6.07) is 0. The minimum Gasteiger partial charge on any atom is -0.171 e. The van der Waals surface area contributed by atoms with Crippen LogP contribution in [-0.4, -0.2) is 12.4 Å². The molecule has 15 heavy (non-hydrogen) atoms. The Morgan fingerprint density at radius 1 is 0.867 bits per heavy atom. The van der Waals surface area contributed by atoms with E-state index < -0.39 is 49.4 Å². The molecular formula is C9H12F6. The number of hydrogen-bond donors (Lipinski definition) is 0. The molecule has 6 heteroatoms. The number of hydrogen-bond acceptors (Lipinski definition) is 0. The second-order valence-corrected chi connectivity index (χ2v) is 4.18. The summed E-state index contributed by atoms with van der Waals surface area (Å²) in [5.74, 6) is -4.08. The molecule has 3 atom stereocenters. The first-order chi connectivity index (χ1) is 6.62. The Kier molecular flexibility index (Phi) is 3.26. The smallest absolute Gasteiger partial charge is 0.171 e. The minimum atomic E-state index is -4.37. The van der Waals surface area contributed by atoms with E-state index in [1.807, 2.05) is 0 Å². The molecule has 0 aliphatic heterocycles. The predicted molar refractivity (Wildman–Crippen MR) is 42.1 cm³/mol. The summed E-state index contributed by atoms with van der Waals surface area (Å²) in [6.45, 7) is 1.25. The summed E-state index contributed by atoms with van der Waals surface area (Å²) in [4.78, 5) is 0. The first kappa shape index (κ1) is 12.6. The lowest BCUT2D eigenvalue weighted by molar-refractivity contribution is -0.225. The molecule has 0 N–H and O–H groups in total. The van der Waals surface area contributed by atoms with Gasteiger partial charge in [-0.15, -0.1) is 0 Å². The number of alkyl halides is 6. The highest BCUT2D eigenvalue weighted by atomic mass is 19.4. The maximum Gasteiger partial charge on any atom is 0.392 e. The molecule has 0 bridgehead atoms. The first-order valence-corrected chi connectivity index (χ1v) is 4.75. The van der Waals surface area contributed by atoms with Gasteiger partial charge < -0.3 is 0 Å². The van der Waals surface area contributed by atoms with Crippen LogP contribution in [-0.2, 0) is 0 Å². The van der Waals surface area contributed by atoms with E-state index >= 15 is 0 Å². The lowest BCUT2D eigenvalue weighted by Gasteiger charge is -2.35. The number of halogens is 6. The SMILES string of the molecule is CC1CC(C(F)(F)F)CCC1C(F)(F)F. The third-order valence-electron chi connectivity index (χ3n) is 3.05. The molecule has 3 unspecified atom stereocenters.